The van der Waals surface area contributed by atoms with Gasteiger partial charge in [-0.3, -0.25) is 0 Å². The van der Waals surface area contributed by atoms with Gasteiger partial charge in [-0.15, -0.1) is 0 Å². The minimum absolute atomic E-state index is 0.121. The topological polar surface area (TPSA) is 83.5 Å². The number of hydrogen-bond donors (Lipinski definition) is 1. The Balaban J connectivity index is 2.34. The van der Waals surface area contributed by atoms with Gasteiger partial charge >= 0.3 is 6.16 Å². The zero-order valence-corrected chi connectivity index (χ0v) is 8.88. The molecule has 0 fully saturated rings. The van der Waals surface area contributed by atoms with Gasteiger partial charge in [-0.1, -0.05) is 0 Å². The van der Waals surface area contributed by atoms with Crippen molar-refractivity contribution in [1.29, 1.82) is 5.26 Å². The lowest BCUT2D eigenvalue weighted by atomic mass is 10.1. The van der Waals surface area contributed by atoms with Crippen molar-refractivity contribution in [2.75, 3.05) is 0 Å². The SMILES string of the molecule is N#Cc1cc(-c2ccc(OC(=O)O)o2)ccc1F. The Morgan fingerprint density at radius 1 is 1.39 bits per heavy atom. The second-order valence-corrected chi connectivity index (χ2v) is 3.29. The molecule has 1 aromatic carbocycles. The van der Waals surface area contributed by atoms with E-state index in [1.54, 1.807) is 6.07 Å². The summed E-state index contributed by atoms with van der Waals surface area (Å²) in [5.74, 6) is -0.544. The van der Waals surface area contributed by atoms with Crippen LogP contribution in [0.3, 0.4) is 0 Å². The molecular weight excluding hydrogens is 241 g/mol. The quantitative estimate of drug-likeness (QED) is 0.824. The Labute approximate surface area is 101 Å². The van der Waals surface area contributed by atoms with Crippen molar-refractivity contribution in [3.63, 3.8) is 0 Å². The van der Waals surface area contributed by atoms with Crippen LogP contribution in [0.25, 0.3) is 11.3 Å². The van der Waals surface area contributed by atoms with Crippen LogP contribution in [-0.2, 0) is 0 Å². The van der Waals surface area contributed by atoms with Crippen LogP contribution in [0.5, 0.6) is 5.95 Å². The largest absolute Gasteiger partial charge is 0.513 e. The van der Waals surface area contributed by atoms with Crippen molar-refractivity contribution < 1.29 is 23.4 Å². The van der Waals surface area contributed by atoms with Crippen molar-refractivity contribution in [2.24, 2.45) is 0 Å². The lowest BCUT2D eigenvalue weighted by Crippen LogP contribution is -2.01. The summed E-state index contributed by atoms with van der Waals surface area (Å²) < 4.78 is 22.5. The molecule has 0 atom stereocenters. The van der Waals surface area contributed by atoms with Crippen LogP contribution >= 0.6 is 0 Å². The highest BCUT2D eigenvalue weighted by atomic mass is 19.1. The second-order valence-electron chi connectivity index (χ2n) is 3.29. The number of rotatable bonds is 2. The Kier molecular flexibility index (Phi) is 2.98. The molecule has 2 rings (SSSR count). The van der Waals surface area contributed by atoms with E-state index in [4.69, 9.17) is 14.8 Å². The number of benzene rings is 1. The highest BCUT2D eigenvalue weighted by Gasteiger charge is 2.10. The normalized spacial score (nSPS) is 9.78. The summed E-state index contributed by atoms with van der Waals surface area (Å²) in [5, 5.41) is 17.1. The third-order valence-corrected chi connectivity index (χ3v) is 2.14. The summed E-state index contributed by atoms with van der Waals surface area (Å²) in [6.45, 7) is 0. The first-order valence-corrected chi connectivity index (χ1v) is 4.81. The number of nitrogens with zero attached hydrogens (tertiary/aromatic N) is 1. The van der Waals surface area contributed by atoms with Gasteiger partial charge in [-0.2, -0.15) is 5.26 Å². The predicted molar refractivity (Wildman–Crippen MR) is 57.5 cm³/mol. The highest BCUT2D eigenvalue weighted by molar-refractivity contribution is 5.63. The molecule has 0 spiro atoms. The average Bonchev–Trinajstić information content (AvgIpc) is 2.77. The van der Waals surface area contributed by atoms with Crippen LogP contribution in [0.15, 0.2) is 34.7 Å². The van der Waals surface area contributed by atoms with E-state index in [-0.39, 0.29) is 17.3 Å². The Hall–Kier alpha value is -2.81. The van der Waals surface area contributed by atoms with Crippen LogP contribution in [0.2, 0.25) is 0 Å². The molecule has 0 aliphatic carbocycles. The molecule has 0 bridgehead atoms. The number of hydrogen-bond acceptors (Lipinski definition) is 4. The maximum absolute atomic E-state index is 13.1. The standard InChI is InChI=1S/C12H6FNO4/c13-9-2-1-7(5-8(9)6-14)10-3-4-11(17-10)18-12(15)16/h1-5H,(H,15,16). The number of ether oxygens (including phenoxy) is 1. The number of carbonyl (C=O) groups is 1. The fraction of sp³-hybridized carbons (Fsp3) is 0. The summed E-state index contributed by atoms with van der Waals surface area (Å²) >= 11 is 0. The molecule has 2 aromatic rings. The van der Waals surface area contributed by atoms with Gasteiger partial charge in [0, 0.05) is 11.6 Å². The van der Waals surface area contributed by atoms with E-state index < -0.39 is 12.0 Å². The molecule has 1 aromatic heterocycles. The highest BCUT2D eigenvalue weighted by Crippen LogP contribution is 2.27. The minimum Gasteiger partial charge on any atom is -0.449 e. The van der Waals surface area contributed by atoms with E-state index in [2.05, 4.69) is 4.74 Å². The van der Waals surface area contributed by atoms with E-state index in [9.17, 15) is 9.18 Å². The first kappa shape index (κ1) is 11.7. The van der Waals surface area contributed by atoms with Crippen molar-refractivity contribution >= 4 is 6.16 Å². The summed E-state index contributed by atoms with van der Waals surface area (Å²) in [6.07, 6.45) is -1.49. The molecule has 0 saturated carbocycles. The van der Waals surface area contributed by atoms with E-state index in [0.29, 0.717) is 5.56 Å². The molecule has 0 aliphatic rings. The first-order chi connectivity index (χ1) is 8.60. The molecular formula is C12H6FNO4. The molecule has 0 radical (unpaired) electrons. The van der Waals surface area contributed by atoms with Gasteiger partial charge in [0.05, 0.1) is 5.56 Å². The van der Waals surface area contributed by atoms with Crippen LogP contribution in [0.1, 0.15) is 5.56 Å². The number of furan rings is 1. The molecule has 1 heterocycles. The fourth-order valence-corrected chi connectivity index (χ4v) is 1.38. The van der Waals surface area contributed by atoms with E-state index in [1.165, 1.54) is 24.3 Å². The Bertz CT molecular complexity index is 642. The lowest BCUT2D eigenvalue weighted by Gasteiger charge is -1.98. The van der Waals surface area contributed by atoms with E-state index in [1.807, 2.05) is 0 Å². The van der Waals surface area contributed by atoms with Crippen molar-refractivity contribution in [2.45, 2.75) is 0 Å². The van der Waals surface area contributed by atoms with E-state index >= 15 is 0 Å². The smallest absolute Gasteiger partial charge is 0.449 e. The van der Waals surface area contributed by atoms with Gasteiger partial charge in [-0.25, -0.2) is 9.18 Å². The molecule has 18 heavy (non-hydrogen) atoms. The molecule has 5 nitrogen and oxygen atoms in total. The predicted octanol–water partition coefficient (Wildman–Crippen LogP) is 3.01. The molecule has 0 unspecified atom stereocenters. The Morgan fingerprint density at radius 2 is 2.17 bits per heavy atom. The van der Waals surface area contributed by atoms with E-state index in [0.717, 1.165) is 6.07 Å². The average molecular weight is 247 g/mol. The van der Waals surface area contributed by atoms with Crippen LogP contribution < -0.4 is 4.74 Å². The first-order valence-electron chi connectivity index (χ1n) is 4.81. The van der Waals surface area contributed by atoms with Crippen LogP contribution in [0.4, 0.5) is 9.18 Å². The summed E-state index contributed by atoms with van der Waals surface area (Å²) in [7, 11) is 0. The Morgan fingerprint density at radius 3 is 2.83 bits per heavy atom. The van der Waals surface area contributed by atoms with Gasteiger partial charge in [-0.05, 0) is 24.3 Å². The molecule has 0 amide bonds. The van der Waals surface area contributed by atoms with Crippen molar-refractivity contribution in [3.8, 4) is 23.3 Å². The lowest BCUT2D eigenvalue weighted by molar-refractivity contribution is 0.133. The number of nitriles is 1. The molecule has 0 aliphatic heterocycles. The maximum Gasteiger partial charge on any atom is 0.513 e. The molecule has 0 saturated heterocycles. The number of carboxylic acid groups (broad SMARTS) is 1. The summed E-state index contributed by atoms with van der Waals surface area (Å²) in [4.78, 5) is 10.3. The van der Waals surface area contributed by atoms with Gasteiger partial charge in [0.2, 0.25) is 0 Å². The van der Waals surface area contributed by atoms with Crippen LogP contribution in [0, 0.1) is 17.1 Å². The molecule has 90 valence electrons. The zero-order valence-electron chi connectivity index (χ0n) is 8.88. The zero-order chi connectivity index (χ0) is 13.1. The van der Waals surface area contributed by atoms with Gasteiger partial charge < -0.3 is 14.3 Å². The maximum atomic E-state index is 13.1. The third-order valence-electron chi connectivity index (χ3n) is 2.14. The van der Waals surface area contributed by atoms with Crippen LogP contribution in [-0.4, -0.2) is 11.3 Å². The second kappa shape index (κ2) is 4.59. The fourth-order valence-electron chi connectivity index (χ4n) is 1.38. The minimum atomic E-state index is -1.49. The molecule has 6 heteroatoms. The summed E-state index contributed by atoms with van der Waals surface area (Å²) in [5.41, 5.74) is 0.331. The number of halogens is 1. The van der Waals surface area contributed by atoms with Crippen molar-refractivity contribution in [3.05, 3.63) is 41.7 Å². The van der Waals surface area contributed by atoms with Crippen molar-refractivity contribution in [1.82, 2.24) is 0 Å². The molecule has 1 N–H and O–H groups in total. The third kappa shape index (κ3) is 2.30. The van der Waals surface area contributed by atoms with Gasteiger partial charge in [0.15, 0.2) is 0 Å². The van der Waals surface area contributed by atoms with Gasteiger partial charge in [0.25, 0.3) is 5.95 Å². The summed E-state index contributed by atoms with van der Waals surface area (Å²) in [6, 6.07) is 8.34. The van der Waals surface area contributed by atoms with Gasteiger partial charge in [0.1, 0.15) is 17.6 Å². The monoisotopic (exact) mass is 247 g/mol.